The van der Waals surface area contributed by atoms with Gasteiger partial charge in [0.25, 0.3) is 17.7 Å². The first kappa shape index (κ1) is 38.8. The van der Waals surface area contributed by atoms with E-state index in [-0.39, 0.29) is 36.9 Å². The Morgan fingerprint density at radius 2 is 1.54 bits per heavy atom. The molecule has 0 spiro atoms. The monoisotopic (exact) mass is 812 g/mol. The van der Waals surface area contributed by atoms with Gasteiger partial charge in [0, 0.05) is 73.6 Å². The molecule has 3 aromatic carbocycles. The molecule has 6 aliphatic rings. The number of hydrogen-bond donors (Lipinski definition) is 1. The molecule has 6 heterocycles. The molecule has 2 unspecified atom stereocenters. The zero-order chi connectivity index (χ0) is 40.8. The molecule has 0 saturated carbocycles. The summed E-state index contributed by atoms with van der Waals surface area (Å²) in [7, 11) is 0. The van der Waals surface area contributed by atoms with Crippen molar-refractivity contribution in [2.24, 2.45) is 5.92 Å². The number of rotatable bonds is 6. The summed E-state index contributed by atoms with van der Waals surface area (Å²) in [6.45, 7) is 3.44. The molecule has 2 bridgehead atoms. The van der Waals surface area contributed by atoms with Crippen LogP contribution in [0.1, 0.15) is 106 Å². The molecule has 302 valence electrons. The third-order valence-corrected chi connectivity index (χ3v) is 13.5. The maximum absolute atomic E-state index is 13.7. The zero-order valence-electron chi connectivity index (χ0n) is 32.7. The number of carbonyl (C=O) groups excluding carboxylic acids is 5. The van der Waals surface area contributed by atoms with E-state index >= 15 is 0 Å². The molecule has 3 aromatic rings. The lowest BCUT2D eigenvalue weighted by molar-refractivity contribution is -0.136. The first-order valence-electron chi connectivity index (χ1n) is 20.8. The van der Waals surface area contributed by atoms with E-state index in [1.807, 2.05) is 30.3 Å². The number of fused-ring (bicyclic) bond motifs is 3. The Bertz CT molecular complexity index is 2300. The van der Waals surface area contributed by atoms with Crippen molar-refractivity contribution in [3.63, 3.8) is 0 Å². The first-order chi connectivity index (χ1) is 28.6. The van der Waals surface area contributed by atoms with Gasteiger partial charge in [-0.1, -0.05) is 29.5 Å². The fourth-order valence-electron chi connectivity index (χ4n) is 10.1. The molecule has 0 aliphatic carbocycles. The number of hydrogen-bond acceptors (Lipinski definition) is 9. The highest BCUT2D eigenvalue weighted by Crippen LogP contribution is 2.39. The molecule has 59 heavy (non-hydrogen) atoms. The van der Waals surface area contributed by atoms with Gasteiger partial charge in [-0.05, 0) is 107 Å². The second kappa shape index (κ2) is 16.2. The molecule has 0 aromatic heterocycles. The van der Waals surface area contributed by atoms with Crippen LogP contribution in [0, 0.1) is 29.1 Å². The minimum absolute atomic E-state index is 0.0102. The van der Waals surface area contributed by atoms with Crippen LogP contribution in [0.4, 0.5) is 5.69 Å². The summed E-state index contributed by atoms with van der Waals surface area (Å²) >= 11 is 6.22. The molecule has 5 fully saturated rings. The Morgan fingerprint density at radius 3 is 2.22 bits per heavy atom. The van der Waals surface area contributed by atoms with Gasteiger partial charge >= 0.3 is 0 Å². The number of ether oxygens (including phenoxy) is 1. The lowest BCUT2D eigenvalue weighted by Crippen LogP contribution is -2.54. The normalized spacial score (nSPS) is 25.0. The van der Waals surface area contributed by atoms with Crippen molar-refractivity contribution in [2.75, 3.05) is 31.1 Å². The Hall–Kier alpha value is -5.69. The van der Waals surface area contributed by atoms with Crippen molar-refractivity contribution in [1.29, 1.82) is 5.26 Å². The summed E-state index contributed by atoms with van der Waals surface area (Å²) in [5.74, 6) is 5.93. The lowest BCUT2D eigenvalue weighted by atomic mass is 9.93. The topological polar surface area (TPSA) is 143 Å². The minimum atomic E-state index is -0.982. The van der Waals surface area contributed by atoms with Crippen LogP contribution in [0.5, 0.6) is 5.75 Å². The predicted octanol–water partition coefficient (Wildman–Crippen LogP) is 5.56. The van der Waals surface area contributed by atoms with Gasteiger partial charge in [-0.15, -0.1) is 0 Å². The van der Waals surface area contributed by atoms with E-state index in [2.05, 4.69) is 37.9 Å². The van der Waals surface area contributed by atoms with Gasteiger partial charge in [-0.3, -0.25) is 34.2 Å². The molecular formula is C46H45ClN6O6. The van der Waals surface area contributed by atoms with Gasteiger partial charge in [0.1, 0.15) is 24.0 Å². The molecule has 13 heteroatoms. The van der Waals surface area contributed by atoms with E-state index in [0.29, 0.717) is 45.0 Å². The molecular weight excluding hydrogens is 768 g/mol. The van der Waals surface area contributed by atoms with Crippen molar-refractivity contribution in [1.82, 2.24) is 20.0 Å². The minimum Gasteiger partial charge on any atom is -0.490 e. The van der Waals surface area contributed by atoms with Crippen molar-refractivity contribution in [3.05, 3.63) is 93.5 Å². The molecule has 12 nitrogen and oxygen atoms in total. The molecule has 4 atom stereocenters. The number of nitriles is 1. The van der Waals surface area contributed by atoms with Crippen LogP contribution in [0.2, 0.25) is 5.02 Å². The third-order valence-electron chi connectivity index (χ3n) is 13.1. The van der Waals surface area contributed by atoms with Crippen molar-refractivity contribution < 1.29 is 28.7 Å². The summed E-state index contributed by atoms with van der Waals surface area (Å²) in [4.78, 5) is 72.8. The largest absolute Gasteiger partial charge is 0.490 e. The average molecular weight is 813 g/mol. The number of carbonyl (C=O) groups is 5. The molecule has 1 N–H and O–H groups in total. The lowest BCUT2D eigenvalue weighted by Gasteiger charge is -2.42. The highest BCUT2D eigenvalue weighted by molar-refractivity contribution is 6.31. The van der Waals surface area contributed by atoms with Gasteiger partial charge in [0.05, 0.1) is 27.4 Å². The molecule has 5 saturated heterocycles. The number of piperidine rings is 4. The highest BCUT2D eigenvalue weighted by atomic mass is 35.5. The fourth-order valence-corrected chi connectivity index (χ4v) is 10.3. The van der Waals surface area contributed by atoms with Crippen LogP contribution >= 0.6 is 11.6 Å². The average Bonchev–Trinajstić information content (AvgIpc) is 3.67. The van der Waals surface area contributed by atoms with Gasteiger partial charge in [0.15, 0.2) is 0 Å². The molecule has 6 aliphatic heterocycles. The second-order valence-electron chi connectivity index (χ2n) is 16.6. The van der Waals surface area contributed by atoms with Crippen LogP contribution in [-0.4, -0.2) is 101 Å². The summed E-state index contributed by atoms with van der Waals surface area (Å²) < 4.78 is 6.25. The number of benzene rings is 3. The van der Waals surface area contributed by atoms with Gasteiger partial charge in [-0.25, -0.2) is 0 Å². The zero-order valence-corrected chi connectivity index (χ0v) is 33.5. The number of nitrogens with zero attached hydrogens (tertiary/aromatic N) is 5. The highest BCUT2D eigenvalue weighted by Gasteiger charge is 2.47. The van der Waals surface area contributed by atoms with Crippen molar-refractivity contribution >= 4 is 46.8 Å². The summed E-state index contributed by atoms with van der Waals surface area (Å²) in [5, 5.41) is 11.8. The number of amides is 5. The van der Waals surface area contributed by atoms with Gasteiger partial charge in [-0.2, -0.15) is 5.26 Å². The smallest absolute Gasteiger partial charge is 0.264 e. The molecule has 5 amide bonds. The number of nitrogens with one attached hydrogen (secondary N) is 1. The second-order valence-corrected chi connectivity index (χ2v) is 17.0. The third kappa shape index (κ3) is 7.56. The maximum Gasteiger partial charge on any atom is 0.264 e. The van der Waals surface area contributed by atoms with Crippen LogP contribution in [0.25, 0.3) is 0 Å². The Morgan fingerprint density at radius 1 is 0.814 bits per heavy atom. The Labute approximate surface area is 348 Å². The standard InChI is InChI=1S/C46H45ClN6O6/c47-38-26-35(13-10-31(38)27-48)59-36-24-33-11-12-34(25-36)52(33)44(56)30-8-6-28(7-9-30)4-5-29-16-20-50(21-17-29)32-18-22-51(23-19-32)39-3-1-2-37-42(39)46(58)53(45(37)57)40-14-15-41(54)49-43(40)55/h1-3,6-10,13,26,29,32-34,36,40H,11-12,14-25H2,(H,49,54,55)/t33-,34+,36?,40?. The number of anilines is 1. The van der Waals surface area contributed by atoms with Crippen molar-refractivity contribution in [2.45, 2.75) is 94.5 Å². The predicted molar refractivity (Wildman–Crippen MR) is 219 cm³/mol. The van der Waals surface area contributed by atoms with Crippen LogP contribution in [0.15, 0.2) is 60.7 Å². The van der Waals surface area contributed by atoms with Crippen molar-refractivity contribution in [3.8, 4) is 23.7 Å². The quantitative estimate of drug-likeness (QED) is 0.250. The van der Waals surface area contributed by atoms with E-state index < -0.39 is 29.7 Å². The van der Waals surface area contributed by atoms with Gasteiger partial charge in [0.2, 0.25) is 11.8 Å². The summed E-state index contributed by atoms with van der Waals surface area (Å²) in [6, 6.07) is 19.9. The number of imide groups is 2. The summed E-state index contributed by atoms with van der Waals surface area (Å²) in [5.41, 5.74) is 3.39. The summed E-state index contributed by atoms with van der Waals surface area (Å²) in [6.07, 6.45) is 7.50. The maximum atomic E-state index is 13.7. The Kier molecular flexibility index (Phi) is 10.6. The number of halogens is 1. The molecule has 0 radical (unpaired) electrons. The van der Waals surface area contributed by atoms with E-state index in [1.165, 1.54) is 0 Å². The van der Waals surface area contributed by atoms with Crippen LogP contribution in [-0.2, 0) is 9.59 Å². The molecule has 9 rings (SSSR count). The first-order valence-corrected chi connectivity index (χ1v) is 21.2. The van der Waals surface area contributed by atoms with E-state index in [9.17, 15) is 24.0 Å². The van der Waals surface area contributed by atoms with Crippen LogP contribution < -0.4 is 15.0 Å². The SMILES string of the molecule is N#Cc1ccc(OC2C[C@H]3CC[C@@H](C2)N3C(=O)c2ccc(C#CC3CCN(C4CCN(c5cccc6c5C(=O)N(C5CCC(=O)NC5=O)C6=O)CC4)CC3)cc2)cc1Cl. The van der Waals surface area contributed by atoms with Crippen LogP contribution in [0.3, 0.4) is 0 Å². The van der Waals surface area contributed by atoms with E-state index in [4.69, 9.17) is 21.6 Å². The Balaban J connectivity index is 0.747. The van der Waals surface area contributed by atoms with E-state index in [1.54, 1.807) is 30.3 Å². The van der Waals surface area contributed by atoms with E-state index in [0.717, 1.165) is 93.7 Å². The number of likely N-dealkylation sites (tertiary alicyclic amines) is 1. The fraction of sp³-hybridized carbons (Fsp3) is 0.435. The van der Waals surface area contributed by atoms with Gasteiger partial charge < -0.3 is 19.4 Å².